The molecule has 1 aliphatic rings. The van der Waals surface area contributed by atoms with Crippen molar-refractivity contribution in [2.24, 2.45) is 0 Å². The molecule has 0 radical (unpaired) electrons. The van der Waals surface area contributed by atoms with Gasteiger partial charge in [0.1, 0.15) is 11.5 Å². The SMILES string of the molecule is O=C(OC1C(S)OC(CO)C(OC(=O)c2ccccc2)C1OC(=O)c1ccccc1)c1ccccc1. The third-order valence-corrected chi connectivity index (χ3v) is 5.96. The van der Waals surface area contributed by atoms with Crippen molar-refractivity contribution in [3.05, 3.63) is 108 Å². The second-order valence-corrected chi connectivity index (χ2v) is 8.46. The van der Waals surface area contributed by atoms with E-state index < -0.39 is 54.4 Å². The van der Waals surface area contributed by atoms with E-state index >= 15 is 0 Å². The van der Waals surface area contributed by atoms with Gasteiger partial charge in [0.2, 0.25) is 0 Å². The molecule has 1 N–H and O–H groups in total. The number of carbonyl (C=O) groups is 3. The van der Waals surface area contributed by atoms with Gasteiger partial charge in [-0.2, -0.15) is 0 Å². The van der Waals surface area contributed by atoms with Crippen molar-refractivity contribution < 1.29 is 38.4 Å². The number of thiol groups is 1. The van der Waals surface area contributed by atoms with Gasteiger partial charge in [0, 0.05) is 0 Å². The zero-order chi connectivity index (χ0) is 25.5. The van der Waals surface area contributed by atoms with Crippen LogP contribution in [0.1, 0.15) is 31.1 Å². The van der Waals surface area contributed by atoms with Gasteiger partial charge in [-0.05, 0) is 36.4 Å². The molecule has 1 fully saturated rings. The van der Waals surface area contributed by atoms with Crippen LogP contribution in [-0.4, -0.2) is 59.5 Å². The molecule has 9 heteroatoms. The van der Waals surface area contributed by atoms with Gasteiger partial charge in [0.05, 0.1) is 23.3 Å². The Bertz CT molecular complexity index is 1170. The van der Waals surface area contributed by atoms with Crippen LogP contribution in [0.3, 0.4) is 0 Å². The van der Waals surface area contributed by atoms with Crippen LogP contribution in [0, 0.1) is 0 Å². The topological polar surface area (TPSA) is 108 Å². The highest BCUT2D eigenvalue weighted by molar-refractivity contribution is 7.80. The Morgan fingerprint density at radius 3 is 1.39 bits per heavy atom. The van der Waals surface area contributed by atoms with Crippen molar-refractivity contribution in [3.8, 4) is 0 Å². The molecule has 186 valence electrons. The Morgan fingerprint density at radius 1 is 0.639 bits per heavy atom. The van der Waals surface area contributed by atoms with Gasteiger partial charge in [0.15, 0.2) is 18.3 Å². The van der Waals surface area contributed by atoms with Crippen LogP contribution in [0.25, 0.3) is 0 Å². The van der Waals surface area contributed by atoms with E-state index in [1.54, 1.807) is 91.0 Å². The number of ether oxygens (including phenoxy) is 4. The Balaban J connectivity index is 1.66. The Hall–Kier alpha value is -3.66. The lowest BCUT2D eigenvalue weighted by Crippen LogP contribution is -2.61. The lowest BCUT2D eigenvalue weighted by atomic mass is 9.98. The van der Waals surface area contributed by atoms with Gasteiger partial charge in [-0.1, -0.05) is 54.6 Å². The molecular formula is C27H24O8S. The first-order chi connectivity index (χ1) is 17.5. The van der Waals surface area contributed by atoms with E-state index in [2.05, 4.69) is 12.6 Å². The zero-order valence-electron chi connectivity index (χ0n) is 19.0. The zero-order valence-corrected chi connectivity index (χ0v) is 19.9. The molecule has 0 aromatic heterocycles. The lowest BCUT2D eigenvalue weighted by Gasteiger charge is -2.43. The van der Waals surface area contributed by atoms with E-state index in [1.807, 2.05) is 0 Å². The highest BCUT2D eigenvalue weighted by atomic mass is 32.1. The van der Waals surface area contributed by atoms with Crippen molar-refractivity contribution in [2.45, 2.75) is 29.9 Å². The lowest BCUT2D eigenvalue weighted by molar-refractivity contribution is -0.206. The number of hydrogen-bond donors (Lipinski definition) is 2. The van der Waals surface area contributed by atoms with Crippen LogP contribution in [-0.2, 0) is 18.9 Å². The number of benzene rings is 3. The summed E-state index contributed by atoms with van der Waals surface area (Å²) >= 11 is 4.38. The van der Waals surface area contributed by atoms with Gasteiger partial charge in [0.25, 0.3) is 0 Å². The molecule has 36 heavy (non-hydrogen) atoms. The minimum Gasteiger partial charge on any atom is -0.452 e. The molecule has 5 unspecified atom stereocenters. The number of aliphatic hydroxyl groups is 1. The smallest absolute Gasteiger partial charge is 0.338 e. The number of rotatable bonds is 7. The first-order valence-electron chi connectivity index (χ1n) is 11.2. The fourth-order valence-corrected chi connectivity index (χ4v) is 4.13. The molecule has 5 atom stereocenters. The normalized spacial score (nSPS) is 23.3. The van der Waals surface area contributed by atoms with E-state index in [0.29, 0.717) is 0 Å². The first-order valence-corrected chi connectivity index (χ1v) is 11.7. The molecule has 8 nitrogen and oxygen atoms in total. The predicted octanol–water partition coefficient (Wildman–Crippen LogP) is 3.31. The van der Waals surface area contributed by atoms with E-state index in [9.17, 15) is 19.5 Å². The van der Waals surface area contributed by atoms with Crippen LogP contribution >= 0.6 is 12.6 Å². The van der Waals surface area contributed by atoms with E-state index in [4.69, 9.17) is 18.9 Å². The summed E-state index contributed by atoms with van der Waals surface area (Å²) in [6.07, 6.45) is -4.98. The number of esters is 3. The van der Waals surface area contributed by atoms with Crippen LogP contribution in [0.4, 0.5) is 0 Å². The monoisotopic (exact) mass is 508 g/mol. The first kappa shape index (κ1) is 25.4. The van der Waals surface area contributed by atoms with Crippen molar-refractivity contribution in [2.75, 3.05) is 6.61 Å². The summed E-state index contributed by atoms with van der Waals surface area (Å²) < 4.78 is 22.8. The Morgan fingerprint density at radius 2 is 1.00 bits per heavy atom. The molecule has 0 amide bonds. The molecule has 4 rings (SSSR count). The minimum atomic E-state index is -1.33. The molecule has 0 spiro atoms. The van der Waals surface area contributed by atoms with Crippen molar-refractivity contribution >= 4 is 30.5 Å². The Labute approximate surface area is 213 Å². The molecule has 0 bridgehead atoms. The van der Waals surface area contributed by atoms with E-state index in [0.717, 1.165) is 0 Å². The van der Waals surface area contributed by atoms with Crippen LogP contribution in [0.2, 0.25) is 0 Å². The maximum atomic E-state index is 13.0. The number of hydrogen-bond acceptors (Lipinski definition) is 9. The molecule has 1 aliphatic heterocycles. The van der Waals surface area contributed by atoms with Gasteiger partial charge in [-0.3, -0.25) is 0 Å². The maximum Gasteiger partial charge on any atom is 0.338 e. The van der Waals surface area contributed by atoms with Gasteiger partial charge >= 0.3 is 17.9 Å². The van der Waals surface area contributed by atoms with Crippen LogP contribution in [0.5, 0.6) is 0 Å². The summed E-state index contributed by atoms with van der Waals surface area (Å²) in [6.45, 7) is -0.567. The van der Waals surface area contributed by atoms with Gasteiger partial charge in [-0.15, -0.1) is 12.6 Å². The Kier molecular flexibility index (Phi) is 8.37. The quantitative estimate of drug-likeness (QED) is 0.284. The van der Waals surface area contributed by atoms with Crippen molar-refractivity contribution in [1.29, 1.82) is 0 Å². The largest absolute Gasteiger partial charge is 0.452 e. The molecule has 3 aromatic rings. The van der Waals surface area contributed by atoms with Crippen LogP contribution in [0.15, 0.2) is 91.0 Å². The highest BCUT2D eigenvalue weighted by Gasteiger charge is 2.51. The standard InChI is InChI=1S/C27H24O8S/c28-16-20-21(33-24(29)17-10-4-1-5-11-17)22(34-25(30)18-12-6-2-7-13-18)23(27(36)32-20)35-26(31)19-14-8-3-9-15-19/h1-15,20-23,27-28,36H,16H2. The summed E-state index contributed by atoms with van der Waals surface area (Å²) in [7, 11) is 0. The summed E-state index contributed by atoms with van der Waals surface area (Å²) in [5.74, 6) is -2.17. The average Bonchev–Trinajstić information content (AvgIpc) is 2.93. The minimum absolute atomic E-state index is 0.238. The molecule has 0 saturated carbocycles. The van der Waals surface area contributed by atoms with E-state index in [1.165, 1.54) is 0 Å². The summed E-state index contributed by atoms with van der Waals surface area (Å²) in [5.41, 5.74) is -0.349. The molecule has 1 saturated heterocycles. The third-order valence-electron chi connectivity index (χ3n) is 5.55. The fraction of sp³-hybridized carbons (Fsp3) is 0.222. The molecule has 1 heterocycles. The average molecular weight is 509 g/mol. The number of carbonyl (C=O) groups excluding carboxylic acids is 3. The second kappa shape index (κ2) is 11.9. The van der Waals surface area contributed by atoms with Crippen molar-refractivity contribution in [1.82, 2.24) is 0 Å². The maximum absolute atomic E-state index is 13.0. The molecule has 3 aromatic carbocycles. The number of aliphatic hydroxyl groups excluding tert-OH is 1. The van der Waals surface area contributed by atoms with Crippen LogP contribution < -0.4 is 0 Å². The molecule has 0 aliphatic carbocycles. The fourth-order valence-electron chi connectivity index (χ4n) is 3.74. The highest BCUT2D eigenvalue weighted by Crippen LogP contribution is 2.31. The van der Waals surface area contributed by atoms with Gasteiger partial charge < -0.3 is 24.1 Å². The summed E-state index contributed by atoms with van der Waals surface area (Å²) in [5, 5.41) is 9.98. The van der Waals surface area contributed by atoms with E-state index in [-0.39, 0.29) is 16.7 Å². The van der Waals surface area contributed by atoms with Crippen molar-refractivity contribution in [3.63, 3.8) is 0 Å². The summed E-state index contributed by atoms with van der Waals surface area (Å²) in [6, 6.07) is 24.6. The van der Waals surface area contributed by atoms with Gasteiger partial charge in [-0.25, -0.2) is 14.4 Å². The third kappa shape index (κ3) is 5.93. The molecular weight excluding hydrogens is 484 g/mol. The predicted molar refractivity (Wildman–Crippen MR) is 132 cm³/mol. The second-order valence-electron chi connectivity index (χ2n) is 7.96. The summed E-state index contributed by atoms with van der Waals surface area (Å²) in [4.78, 5) is 38.7.